The van der Waals surface area contributed by atoms with Gasteiger partial charge < -0.3 is 0 Å². The van der Waals surface area contributed by atoms with E-state index in [0.29, 0.717) is 0 Å². The Morgan fingerprint density at radius 1 is 1.26 bits per heavy atom. The van der Waals surface area contributed by atoms with E-state index in [1.807, 2.05) is 53.9 Å². The van der Waals surface area contributed by atoms with E-state index in [0.717, 1.165) is 11.5 Å². The fraction of sp³-hybridized carbons (Fsp3) is 0.438. The molecule has 1 aliphatic heterocycles. The summed E-state index contributed by atoms with van der Waals surface area (Å²) in [7, 11) is 0. The minimum absolute atomic E-state index is 0.127. The quantitative estimate of drug-likeness (QED) is 0.562. The van der Waals surface area contributed by atoms with Crippen molar-refractivity contribution in [2.75, 3.05) is 11.5 Å². The number of ketones is 1. The van der Waals surface area contributed by atoms with Crippen molar-refractivity contribution in [3.05, 3.63) is 46.2 Å². The number of unbranched alkanes of at least 4 members (excludes halogenated alkanes) is 1. The Morgan fingerprint density at radius 3 is 2.58 bits per heavy atom. The lowest BCUT2D eigenvalue weighted by Gasteiger charge is -2.22. The van der Waals surface area contributed by atoms with Crippen molar-refractivity contribution in [1.82, 2.24) is 0 Å². The molecule has 1 saturated heterocycles. The molecule has 102 valence electrons. The van der Waals surface area contributed by atoms with Crippen molar-refractivity contribution in [2.24, 2.45) is 5.92 Å². The molecule has 2 rings (SSSR count). The Morgan fingerprint density at radius 2 is 1.95 bits per heavy atom. The van der Waals surface area contributed by atoms with Crippen LogP contribution < -0.4 is 0 Å². The van der Waals surface area contributed by atoms with Gasteiger partial charge in [-0.3, -0.25) is 4.79 Å². The number of carbonyl (C=O) groups excluding carboxylic acids is 1. The molecule has 0 spiro atoms. The Bertz CT molecular complexity index is 429. The zero-order valence-electron chi connectivity index (χ0n) is 11.3. The van der Waals surface area contributed by atoms with Crippen LogP contribution in [0.4, 0.5) is 0 Å². The molecule has 0 unspecified atom stereocenters. The van der Waals surface area contributed by atoms with Crippen LogP contribution in [0.5, 0.6) is 0 Å². The molecule has 0 aromatic heterocycles. The summed E-state index contributed by atoms with van der Waals surface area (Å²) < 4.78 is 1.18. The number of hydrogen-bond donors (Lipinski definition) is 0. The van der Waals surface area contributed by atoms with Crippen LogP contribution in [0.25, 0.3) is 0 Å². The highest BCUT2D eigenvalue weighted by Crippen LogP contribution is 2.39. The molecule has 1 aromatic carbocycles. The van der Waals surface area contributed by atoms with Gasteiger partial charge in [0, 0.05) is 27.4 Å². The van der Waals surface area contributed by atoms with Crippen LogP contribution in [0.1, 0.15) is 36.5 Å². The van der Waals surface area contributed by atoms with E-state index in [1.165, 1.54) is 35.0 Å². The van der Waals surface area contributed by atoms with Crippen LogP contribution in [0, 0.1) is 5.92 Å². The van der Waals surface area contributed by atoms with E-state index in [-0.39, 0.29) is 5.78 Å². The molecule has 19 heavy (non-hydrogen) atoms. The van der Waals surface area contributed by atoms with Gasteiger partial charge in [-0.1, -0.05) is 50.1 Å². The molecule has 1 fully saturated rings. The normalized spacial score (nSPS) is 19.2. The predicted octanol–water partition coefficient (Wildman–Crippen LogP) is 5.00. The molecule has 0 radical (unpaired) electrons. The second-order valence-corrected chi connectivity index (χ2v) is 7.21. The largest absolute Gasteiger partial charge is 0.289 e. The van der Waals surface area contributed by atoms with Gasteiger partial charge in [-0.2, -0.15) is 0 Å². The lowest BCUT2D eigenvalue weighted by molar-refractivity contribution is 0.104. The van der Waals surface area contributed by atoms with Crippen molar-refractivity contribution in [3.63, 3.8) is 0 Å². The highest BCUT2D eigenvalue weighted by Gasteiger charge is 2.18. The van der Waals surface area contributed by atoms with Gasteiger partial charge in [0.15, 0.2) is 5.78 Å². The van der Waals surface area contributed by atoms with Crippen molar-refractivity contribution < 1.29 is 4.79 Å². The molecule has 0 atom stereocenters. The first-order chi connectivity index (χ1) is 9.29. The Kier molecular flexibility index (Phi) is 6.05. The fourth-order valence-corrected chi connectivity index (χ4v) is 4.67. The zero-order chi connectivity index (χ0) is 13.5. The van der Waals surface area contributed by atoms with Crippen molar-refractivity contribution in [1.29, 1.82) is 0 Å². The van der Waals surface area contributed by atoms with E-state index in [2.05, 4.69) is 6.92 Å². The predicted molar refractivity (Wildman–Crippen MR) is 86.8 cm³/mol. The fourth-order valence-electron chi connectivity index (χ4n) is 2.03. The smallest absolute Gasteiger partial charge is 0.187 e. The van der Waals surface area contributed by atoms with Crippen LogP contribution in [-0.4, -0.2) is 17.3 Å². The average Bonchev–Trinajstić information content (AvgIpc) is 2.47. The molecule has 1 nitrogen and oxygen atoms in total. The van der Waals surface area contributed by atoms with Gasteiger partial charge in [0.1, 0.15) is 0 Å². The second-order valence-electron chi connectivity index (χ2n) is 4.82. The van der Waals surface area contributed by atoms with Gasteiger partial charge in [0.05, 0.1) is 0 Å². The Hall–Kier alpha value is -0.670. The highest BCUT2D eigenvalue weighted by molar-refractivity contribution is 8.22. The topological polar surface area (TPSA) is 17.1 Å². The van der Waals surface area contributed by atoms with Gasteiger partial charge in [-0.15, -0.1) is 23.5 Å². The number of thioether (sulfide) groups is 2. The van der Waals surface area contributed by atoms with Gasteiger partial charge >= 0.3 is 0 Å². The lowest BCUT2D eigenvalue weighted by atomic mass is 10.1. The standard InChI is InChI=1S/C16H20OS2/c1-2-3-7-13-11-18-16(19-12-13)10-15(17)14-8-5-4-6-9-14/h4-6,8-10,13H,2-3,7,11-12H2,1H3. The maximum atomic E-state index is 12.1. The maximum absolute atomic E-state index is 12.1. The van der Waals surface area contributed by atoms with Crippen LogP contribution in [-0.2, 0) is 0 Å². The first-order valence-corrected chi connectivity index (χ1v) is 8.83. The molecule has 1 aromatic rings. The van der Waals surface area contributed by atoms with Crippen LogP contribution >= 0.6 is 23.5 Å². The molecule has 3 heteroatoms. The van der Waals surface area contributed by atoms with E-state index >= 15 is 0 Å². The summed E-state index contributed by atoms with van der Waals surface area (Å²) in [6.07, 6.45) is 5.74. The Balaban J connectivity index is 1.87. The summed E-state index contributed by atoms with van der Waals surface area (Å²) in [6, 6.07) is 9.51. The summed E-state index contributed by atoms with van der Waals surface area (Å²) in [5.41, 5.74) is 0.782. The molecule has 0 aliphatic carbocycles. The van der Waals surface area contributed by atoms with E-state index in [1.54, 1.807) is 6.08 Å². The third kappa shape index (κ3) is 4.73. The van der Waals surface area contributed by atoms with Gasteiger partial charge in [-0.25, -0.2) is 0 Å². The SMILES string of the molecule is CCCCC1CSC(=CC(=O)c2ccccc2)SC1. The van der Waals surface area contributed by atoms with Gasteiger partial charge in [0.25, 0.3) is 0 Å². The first-order valence-electron chi connectivity index (χ1n) is 6.86. The van der Waals surface area contributed by atoms with E-state index in [4.69, 9.17) is 0 Å². The van der Waals surface area contributed by atoms with Crippen LogP contribution in [0.15, 0.2) is 40.6 Å². The third-order valence-electron chi connectivity index (χ3n) is 3.20. The summed E-state index contributed by atoms with van der Waals surface area (Å²) >= 11 is 3.70. The first kappa shape index (κ1) is 14.7. The second kappa shape index (κ2) is 7.81. The molecular formula is C16H20OS2. The van der Waals surface area contributed by atoms with Gasteiger partial charge in [-0.05, 0) is 12.3 Å². The number of carbonyl (C=O) groups is 1. The summed E-state index contributed by atoms with van der Waals surface area (Å²) in [4.78, 5) is 12.1. The molecular weight excluding hydrogens is 272 g/mol. The summed E-state index contributed by atoms with van der Waals surface area (Å²) in [5.74, 6) is 3.28. The molecule has 0 N–H and O–H groups in total. The molecule has 0 bridgehead atoms. The Labute approximate surface area is 124 Å². The number of hydrogen-bond acceptors (Lipinski definition) is 3. The molecule has 0 amide bonds. The van der Waals surface area contributed by atoms with Crippen LogP contribution in [0.2, 0.25) is 0 Å². The minimum Gasteiger partial charge on any atom is -0.289 e. The number of rotatable bonds is 5. The molecule has 0 saturated carbocycles. The van der Waals surface area contributed by atoms with Crippen molar-refractivity contribution in [2.45, 2.75) is 26.2 Å². The van der Waals surface area contributed by atoms with Crippen molar-refractivity contribution >= 4 is 29.3 Å². The average molecular weight is 292 g/mol. The lowest BCUT2D eigenvalue weighted by Crippen LogP contribution is -2.11. The summed E-state index contributed by atoms with van der Waals surface area (Å²) in [6.45, 7) is 2.24. The van der Waals surface area contributed by atoms with Crippen molar-refractivity contribution in [3.8, 4) is 0 Å². The highest BCUT2D eigenvalue weighted by atomic mass is 32.2. The zero-order valence-corrected chi connectivity index (χ0v) is 12.9. The molecule has 1 heterocycles. The summed E-state index contributed by atoms with van der Waals surface area (Å²) in [5, 5.41) is 0. The van der Waals surface area contributed by atoms with E-state index in [9.17, 15) is 4.79 Å². The van der Waals surface area contributed by atoms with Crippen LogP contribution in [0.3, 0.4) is 0 Å². The monoisotopic (exact) mass is 292 g/mol. The number of allylic oxidation sites excluding steroid dienone is 1. The number of benzene rings is 1. The van der Waals surface area contributed by atoms with Gasteiger partial charge in [0.2, 0.25) is 0 Å². The van der Waals surface area contributed by atoms with E-state index < -0.39 is 0 Å². The minimum atomic E-state index is 0.127. The maximum Gasteiger partial charge on any atom is 0.187 e. The third-order valence-corrected chi connectivity index (χ3v) is 5.98. The molecule has 1 aliphatic rings.